The van der Waals surface area contributed by atoms with E-state index in [2.05, 4.69) is 102 Å². The molecule has 0 fully saturated rings. The highest BCUT2D eigenvalue weighted by molar-refractivity contribution is 6.11. The summed E-state index contributed by atoms with van der Waals surface area (Å²) in [7, 11) is 0. The molecule has 0 unspecified atom stereocenters. The maximum atomic E-state index is 6.34. The van der Waals surface area contributed by atoms with Gasteiger partial charge < -0.3 is 8.98 Å². The van der Waals surface area contributed by atoms with Gasteiger partial charge in [0, 0.05) is 43.9 Å². The molecule has 0 aliphatic carbocycles. The van der Waals surface area contributed by atoms with E-state index in [0.717, 1.165) is 55.4 Å². The van der Waals surface area contributed by atoms with Crippen molar-refractivity contribution in [2.45, 2.75) is 0 Å². The Morgan fingerprint density at radius 2 is 0.800 bits per heavy atom. The topological polar surface area (TPSA) is 56.7 Å². The Hall–Kier alpha value is -6.85. The van der Waals surface area contributed by atoms with E-state index in [1.807, 2.05) is 72.8 Å². The fraction of sp³-hybridized carbons (Fsp3) is 0. The first-order chi connectivity index (χ1) is 24.8. The van der Waals surface area contributed by atoms with Gasteiger partial charge in [0.1, 0.15) is 11.2 Å². The third-order valence-corrected chi connectivity index (χ3v) is 9.45. The van der Waals surface area contributed by atoms with Crippen LogP contribution in [0.3, 0.4) is 0 Å². The standard InChI is InChI=1S/C45H28N4O/c1-4-12-29(13-5-1)43-46-44(30-14-6-2-7-15-30)48-45(47-43)33-22-25-42-38(28-33)37-27-32(21-24-41(37)50-42)31-20-23-40-36(26-31)35-18-10-11-19-39(35)49(40)34-16-8-3-9-17-34/h1-28H. The summed E-state index contributed by atoms with van der Waals surface area (Å²) in [5.41, 5.74) is 10.3. The molecule has 0 saturated heterocycles. The van der Waals surface area contributed by atoms with Crippen LogP contribution in [0.15, 0.2) is 174 Å². The van der Waals surface area contributed by atoms with Gasteiger partial charge >= 0.3 is 0 Å². The molecule has 0 amide bonds. The van der Waals surface area contributed by atoms with Gasteiger partial charge in [-0.15, -0.1) is 0 Å². The molecule has 7 aromatic carbocycles. The van der Waals surface area contributed by atoms with E-state index < -0.39 is 0 Å². The van der Waals surface area contributed by atoms with Crippen molar-refractivity contribution in [1.82, 2.24) is 19.5 Å². The average molecular weight is 641 g/mol. The molecule has 0 spiro atoms. The van der Waals surface area contributed by atoms with Crippen LogP contribution in [0.1, 0.15) is 0 Å². The van der Waals surface area contributed by atoms with Gasteiger partial charge in [0.05, 0.1) is 11.0 Å². The minimum absolute atomic E-state index is 0.616. The van der Waals surface area contributed by atoms with Crippen LogP contribution in [0, 0.1) is 0 Å². The molecule has 0 bridgehead atoms. The van der Waals surface area contributed by atoms with Crippen molar-refractivity contribution in [2.75, 3.05) is 0 Å². The molecule has 0 aliphatic heterocycles. The average Bonchev–Trinajstić information content (AvgIpc) is 3.73. The first-order valence-electron chi connectivity index (χ1n) is 16.7. The summed E-state index contributed by atoms with van der Waals surface area (Å²) < 4.78 is 8.69. The summed E-state index contributed by atoms with van der Waals surface area (Å²) in [6.07, 6.45) is 0. The highest BCUT2D eigenvalue weighted by Gasteiger charge is 2.17. The summed E-state index contributed by atoms with van der Waals surface area (Å²) in [5, 5.41) is 4.52. The van der Waals surface area contributed by atoms with Gasteiger partial charge in [-0.2, -0.15) is 0 Å². The lowest BCUT2D eigenvalue weighted by atomic mass is 10.00. The van der Waals surface area contributed by atoms with Crippen LogP contribution in [0.2, 0.25) is 0 Å². The molecule has 5 nitrogen and oxygen atoms in total. The van der Waals surface area contributed by atoms with Crippen molar-refractivity contribution in [3.8, 4) is 51.0 Å². The normalized spacial score (nSPS) is 11.6. The highest BCUT2D eigenvalue weighted by Crippen LogP contribution is 2.38. The van der Waals surface area contributed by atoms with Crippen LogP contribution >= 0.6 is 0 Å². The van der Waals surface area contributed by atoms with Crippen LogP contribution in [-0.4, -0.2) is 19.5 Å². The van der Waals surface area contributed by atoms with Gasteiger partial charge in [-0.05, 0) is 71.8 Å². The number of benzene rings is 7. The first kappa shape index (κ1) is 28.2. The molecule has 50 heavy (non-hydrogen) atoms. The van der Waals surface area contributed by atoms with Gasteiger partial charge in [0.25, 0.3) is 0 Å². The number of aromatic nitrogens is 4. The van der Waals surface area contributed by atoms with Crippen molar-refractivity contribution < 1.29 is 4.42 Å². The van der Waals surface area contributed by atoms with E-state index in [9.17, 15) is 0 Å². The maximum Gasteiger partial charge on any atom is 0.164 e. The van der Waals surface area contributed by atoms with E-state index >= 15 is 0 Å². The van der Waals surface area contributed by atoms with E-state index in [-0.39, 0.29) is 0 Å². The molecule has 0 N–H and O–H groups in total. The number of furan rings is 1. The van der Waals surface area contributed by atoms with Crippen LogP contribution < -0.4 is 0 Å². The molecule has 10 aromatic rings. The van der Waals surface area contributed by atoms with Gasteiger partial charge in [-0.25, -0.2) is 15.0 Å². The fourth-order valence-corrected chi connectivity index (χ4v) is 7.04. The lowest BCUT2D eigenvalue weighted by molar-refractivity contribution is 0.669. The van der Waals surface area contributed by atoms with E-state index in [1.54, 1.807) is 0 Å². The molecule has 0 radical (unpaired) electrons. The predicted molar refractivity (Wildman–Crippen MR) is 203 cm³/mol. The summed E-state index contributed by atoms with van der Waals surface area (Å²) in [6.45, 7) is 0. The van der Waals surface area contributed by atoms with Gasteiger partial charge in [0.15, 0.2) is 17.5 Å². The molecule has 0 atom stereocenters. The molecule has 3 heterocycles. The Balaban J connectivity index is 1.11. The second-order valence-corrected chi connectivity index (χ2v) is 12.5. The lowest BCUT2D eigenvalue weighted by Crippen LogP contribution is -2.00. The molecular formula is C45H28N4O. The van der Waals surface area contributed by atoms with E-state index in [1.165, 1.54) is 21.8 Å². The summed E-state index contributed by atoms with van der Waals surface area (Å²) >= 11 is 0. The smallest absolute Gasteiger partial charge is 0.164 e. The lowest BCUT2D eigenvalue weighted by Gasteiger charge is -2.08. The van der Waals surface area contributed by atoms with Crippen LogP contribution in [-0.2, 0) is 0 Å². The molecule has 3 aromatic heterocycles. The predicted octanol–water partition coefficient (Wildman–Crippen LogP) is 11.5. The zero-order chi connectivity index (χ0) is 33.0. The van der Waals surface area contributed by atoms with Crippen LogP contribution in [0.25, 0.3) is 94.7 Å². The molecule has 5 heteroatoms. The second-order valence-electron chi connectivity index (χ2n) is 12.5. The minimum Gasteiger partial charge on any atom is -0.456 e. The Bertz CT molecular complexity index is 2800. The monoisotopic (exact) mass is 640 g/mol. The number of nitrogens with zero attached hydrogens (tertiary/aromatic N) is 4. The molecular weight excluding hydrogens is 613 g/mol. The quantitative estimate of drug-likeness (QED) is 0.188. The van der Waals surface area contributed by atoms with Crippen molar-refractivity contribution in [2.24, 2.45) is 0 Å². The second kappa shape index (κ2) is 11.4. The Kier molecular flexibility index (Phi) is 6.42. The summed E-state index contributed by atoms with van der Waals surface area (Å²) in [5.74, 6) is 1.89. The van der Waals surface area contributed by atoms with Gasteiger partial charge in [-0.1, -0.05) is 109 Å². The zero-order valence-corrected chi connectivity index (χ0v) is 26.9. The molecule has 0 saturated carbocycles. The number of fused-ring (bicyclic) bond motifs is 6. The van der Waals surface area contributed by atoms with E-state index in [4.69, 9.17) is 19.4 Å². The number of para-hydroxylation sites is 2. The van der Waals surface area contributed by atoms with Crippen LogP contribution in [0.4, 0.5) is 0 Å². The van der Waals surface area contributed by atoms with Gasteiger partial charge in [-0.3, -0.25) is 0 Å². The Labute approximate surface area is 287 Å². The maximum absolute atomic E-state index is 6.34. The Morgan fingerprint density at radius 1 is 0.340 bits per heavy atom. The van der Waals surface area contributed by atoms with Crippen molar-refractivity contribution >= 4 is 43.7 Å². The molecule has 0 aliphatic rings. The first-order valence-corrected chi connectivity index (χ1v) is 16.7. The highest BCUT2D eigenvalue weighted by atomic mass is 16.3. The third-order valence-electron chi connectivity index (χ3n) is 9.45. The van der Waals surface area contributed by atoms with E-state index in [0.29, 0.717) is 17.5 Å². The zero-order valence-electron chi connectivity index (χ0n) is 26.9. The summed E-state index contributed by atoms with van der Waals surface area (Å²) in [6, 6.07) is 58.7. The van der Waals surface area contributed by atoms with Gasteiger partial charge in [0.2, 0.25) is 0 Å². The number of hydrogen-bond acceptors (Lipinski definition) is 4. The number of rotatable bonds is 5. The van der Waals surface area contributed by atoms with Crippen molar-refractivity contribution in [3.63, 3.8) is 0 Å². The largest absolute Gasteiger partial charge is 0.456 e. The third kappa shape index (κ3) is 4.67. The fourth-order valence-electron chi connectivity index (χ4n) is 7.04. The summed E-state index contributed by atoms with van der Waals surface area (Å²) in [4.78, 5) is 14.8. The minimum atomic E-state index is 0.616. The molecule has 10 rings (SSSR count). The molecule has 234 valence electrons. The van der Waals surface area contributed by atoms with Crippen LogP contribution in [0.5, 0.6) is 0 Å². The Morgan fingerprint density at radius 3 is 1.44 bits per heavy atom. The number of hydrogen-bond donors (Lipinski definition) is 0. The van der Waals surface area contributed by atoms with Crippen molar-refractivity contribution in [1.29, 1.82) is 0 Å². The van der Waals surface area contributed by atoms with Crippen molar-refractivity contribution in [3.05, 3.63) is 170 Å². The SMILES string of the molecule is c1ccc(-c2nc(-c3ccccc3)nc(-c3ccc4oc5ccc(-c6ccc7c(c6)c6ccccc6n7-c6ccccc6)cc5c4c3)n2)cc1.